The Morgan fingerprint density at radius 1 is 1.23 bits per heavy atom. The van der Waals surface area contributed by atoms with Crippen molar-refractivity contribution in [1.82, 2.24) is 15.1 Å². The molecular weight excluding hydrogens is 182 g/mol. The van der Waals surface area contributed by atoms with E-state index in [1.807, 2.05) is 7.05 Å². The minimum absolute atomic E-state index is 0.411. The zero-order valence-corrected chi connectivity index (χ0v) is 10.1. The van der Waals surface area contributed by atoms with E-state index in [2.05, 4.69) is 43.1 Å². The lowest BCUT2D eigenvalue weighted by atomic mass is 10.4. The van der Waals surface area contributed by atoms with Crippen LogP contribution in [0.3, 0.4) is 0 Å². The van der Waals surface area contributed by atoms with Crippen LogP contribution in [0.1, 0.15) is 13.8 Å². The molecule has 13 heavy (non-hydrogen) atoms. The fraction of sp³-hybridized carbons (Fsp3) is 0.889. The molecule has 0 amide bonds. The lowest BCUT2D eigenvalue weighted by molar-refractivity contribution is 0.354. The van der Waals surface area contributed by atoms with E-state index in [-0.39, 0.29) is 0 Å². The second kappa shape index (κ2) is 6.16. The first-order valence-electron chi connectivity index (χ1n) is 4.60. The highest BCUT2D eigenvalue weighted by Gasteiger charge is 2.04. The van der Waals surface area contributed by atoms with Crippen molar-refractivity contribution in [3.8, 4) is 0 Å². The molecule has 0 fully saturated rings. The van der Waals surface area contributed by atoms with E-state index in [4.69, 9.17) is 12.2 Å². The van der Waals surface area contributed by atoms with Crippen LogP contribution in [-0.2, 0) is 0 Å². The molecule has 78 valence electrons. The quantitative estimate of drug-likeness (QED) is 0.680. The lowest BCUT2D eigenvalue weighted by Gasteiger charge is -2.24. The molecule has 0 spiro atoms. The minimum Gasteiger partial charge on any atom is -0.360 e. The Morgan fingerprint density at radius 3 is 2.15 bits per heavy atom. The van der Waals surface area contributed by atoms with E-state index >= 15 is 0 Å². The summed E-state index contributed by atoms with van der Waals surface area (Å²) in [6.45, 7) is 6.17. The third-order valence-electron chi connectivity index (χ3n) is 1.64. The molecule has 0 atom stereocenters. The van der Waals surface area contributed by atoms with Gasteiger partial charge in [0, 0.05) is 26.2 Å². The van der Waals surface area contributed by atoms with Crippen LogP contribution in [0.25, 0.3) is 0 Å². The van der Waals surface area contributed by atoms with Gasteiger partial charge in [0.05, 0.1) is 0 Å². The van der Waals surface area contributed by atoms with Crippen LogP contribution in [0.5, 0.6) is 0 Å². The summed E-state index contributed by atoms with van der Waals surface area (Å²) in [5.74, 6) is 0. The van der Waals surface area contributed by atoms with Crippen LogP contribution in [0, 0.1) is 0 Å². The van der Waals surface area contributed by atoms with Gasteiger partial charge in [-0.25, -0.2) is 0 Å². The van der Waals surface area contributed by atoms with Crippen LogP contribution < -0.4 is 5.32 Å². The molecule has 0 aliphatic carbocycles. The molecule has 3 nitrogen and oxygen atoms in total. The zero-order valence-electron chi connectivity index (χ0n) is 9.29. The van der Waals surface area contributed by atoms with E-state index < -0.39 is 0 Å². The highest BCUT2D eigenvalue weighted by molar-refractivity contribution is 7.80. The molecule has 0 aliphatic rings. The van der Waals surface area contributed by atoms with Gasteiger partial charge in [-0.05, 0) is 40.2 Å². The second-order valence-electron chi connectivity index (χ2n) is 3.83. The van der Waals surface area contributed by atoms with Gasteiger partial charge in [-0.1, -0.05) is 0 Å². The standard InChI is InChI=1S/C9H21N3S/c1-8(2)10-9(13)12(5)7-6-11(3)4/h8H,6-7H2,1-5H3,(H,10,13). The molecule has 0 aromatic rings. The molecule has 0 aromatic carbocycles. The van der Waals surface area contributed by atoms with Crippen LogP contribution >= 0.6 is 12.2 Å². The first kappa shape index (κ1) is 12.7. The average molecular weight is 203 g/mol. The number of nitrogens with zero attached hydrogens (tertiary/aromatic N) is 2. The maximum absolute atomic E-state index is 5.20. The summed E-state index contributed by atoms with van der Waals surface area (Å²) in [5.41, 5.74) is 0. The normalized spacial score (nSPS) is 10.7. The van der Waals surface area contributed by atoms with Crippen molar-refractivity contribution >= 4 is 17.3 Å². The third-order valence-corrected chi connectivity index (χ3v) is 2.07. The van der Waals surface area contributed by atoms with E-state index in [0.717, 1.165) is 18.2 Å². The molecule has 1 N–H and O–H groups in total. The van der Waals surface area contributed by atoms with Crippen molar-refractivity contribution in [1.29, 1.82) is 0 Å². The molecule has 0 saturated carbocycles. The molecule has 0 saturated heterocycles. The molecular formula is C9H21N3S. The number of thiocarbonyl (C=S) groups is 1. The Bertz CT molecular complexity index is 157. The van der Waals surface area contributed by atoms with E-state index in [1.54, 1.807) is 0 Å². The fourth-order valence-electron chi connectivity index (χ4n) is 0.809. The first-order chi connectivity index (χ1) is 5.93. The van der Waals surface area contributed by atoms with Crippen molar-refractivity contribution in [3.63, 3.8) is 0 Å². The van der Waals surface area contributed by atoms with E-state index in [9.17, 15) is 0 Å². The summed E-state index contributed by atoms with van der Waals surface area (Å²) < 4.78 is 0. The van der Waals surface area contributed by atoms with Gasteiger partial charge < -0.3 is 15.1 Å². The van der Waals surface area contributed by atoms with Crippen LogP contribution in [0.15, 0.2) is 0 Å². The number of hydrogen-bond donors (Lipinski definition) is 1. The van der Waals surface area contributed by atoms with Crippen LogP contribution in [-0.4, -0.2) is 55.2 Å². The molecule has 0 radical (unpaired) electrons. The Kier molecular flexibility index (Phi) is 5.99. The second-order valence-corrected chi connectivity index (χ2v) is 4.22. The highest BCUT2D eigenvalue weighted by Crippen LogP contribution is 1.88. The predicted octanol–water partition coefficient (Wildman–Crippen LogP) is 0.763. The number of hydrogen-bond acceptors (Lipinski definition) is 2. The van der Waals surface area contributed by atoms with Crippen molar-refractivity contribution in [3.05, 3.63) is 0 Å². The predicted molar refractivity (Wildman–Crippen MR) is 62.1 cm³/mol. The summed E-state index contributed by atoms with van der Waals surface area (Å²) in [7, 11) is 6.14. The Morgan fingerprint density at radius 2 is 1.77 bits per heavy atom. The number of nitrogens with one attached hydrogen (secondary N) is 1. The van der Waals surface area contributed by atoms with Crippen molar-refractivity contribution < 1.29 is 0 Å². The molecule has 4 heteroatoms. The highest BCUT2D eigenvalue weighted by atomic mass is 32.1. The SMILES string of the molecule is CC(C)NC(=S)N(C)CCN(C)C. The average Bonchev–Trinajstić information content (AvgIpc) is 1.98. The summed E-state index contributed by atoms with van der Waals surface area (Å²) in [6, 6.07) is 0.411. The largest absolute Gasteiger partial charge is 0.360 e. The Labute approximate surface area is 87.1 Å². The summed E-state index contributed by atoms with van der Waals surface area (Å²) >= 11 is 5.20. The Balaban J connectivity index is 3.69. The molecule has 0 unspecified atom stereocenters. The minimum atomic E-state index is 0.411. The maximum Gasteiger partial charge on any atom is 0.168 e. The molecule has 0 aromatic heterocycles. The smallest absolute Gasteiger partial charge is 0.168 e. The van der Waals surface area contributed by atoms with Gasteiger partial charge in [-0.3, -0.25) is 0 Å². The van der Waals surface area contributed by atoms with Crippen molar-refractivity contribution in [2.24, 2.45) is 0 Å². The van der Waals surface area contributed by atoms with Gasteiger partial charge in [0.15, 0.2) is 5.11 Å². The molecule has 0 bridgehead atoms. The van der Waals surface area contributed by atoms with Gasteiger partial charge in [-0.2, -0.15) is 0 Å². The van der Waals surface area contributed by atoms with Crippen molar-refractivity contribution in [2.45, 2.75) is 19.9 Å². The monoisotopic (exact) mass is 203 g/mol. The Hall–Kier alpha value is -0.350. The van der Waals surface area contributed by atoms with Crippen LogP contribution in [0.4, 0.5) is 0 Å². The topological polar surface area (TPSA) is 18.5 Å². The maximum atomic E-state index is 5.20. The first-order valence-corrected chi connectivity index (χ1v) is 5.00. The molecule has 0 rings (SSSR count). The molecule has 0 heterocycles. The lowest BCUT2D eigenvalue weighted by Crippen LogP contribution is -2.42. The summed E-state index contributed by atoms with van der Waals surface area (Å²) in [4.78, 5) is 4.21. The summed E-state index contributed by atoms with van der Waals surface area (Å²) in [6.07, 6.45) is 0. The van der Waals surface area contributed by atoms with E-state index in [0.29, 0.717) is 6.04 Å². The fourth-order valence-corrected chi connectivity index (χ4v) is 1.14. The van der Waals surface area contributed by atoms with Gasteiger partial charge in [0.25, 0.3) is 0 Å². The molecule has 0 aliphatic heterocycles. The van der Waals surface area contributed by atoms with Gasteiger partial charge in [0.1, 0.15) is 0 Å². The van der Waals surface area contributed by atoms with E-state index in [1.165, 1.54) is 0 Å². The van der Waals surface area contributed by atoms with Crippen LogP contribution in [0.2, 0.25) is 0 Å². The summed E-state index contributed by atoms with van der Waals surface area (Å²) in [5, 5.41) is 4.04. The van der Waals surface area contributed by atoms with Gasteiger partial charge in [0.2, 0.25) is 0 Å². The van der Waals surface area contributed by atoms with Gasteiger partial charge >= 0.3 is 0 Å². The number of likely N-dealkylation sites (N-methyl/N-ethyl adjacent to an activating group) is 2. The van der Waals surface area contributed by atoms with Gasteiger partial charge in [-0.15, -0.1) is 0 Å². The zero-order chi connectivity index (χ0) is 10.4. The number of rotatable bonds is 4. The third kappa shape index (κ3) is 6.78. The van der Waals surface area contributed by atoms with Crippen molar-refractivity contribution in [2.75, 3.05) is 34.2 Å².